The van der Waals surface area contributed by atoms with Crippen molar-refractivity contribution in [2.75, 3.05) is 13.1 Å². The van der Waals surface area contributed by atoms with Gasteiger partial charge in [-0.1, -0.05) is 85.3 Å². The fraction of sp³-hybridized carbons (Fsp3) is 0.296. The van der Waals surface area contributed by atoms with E-state index < -0.39 is 0 Å². The van der Waals surface area contributed by atoms with Crippen LogP contribution in [0.2, 0.25) is 0 Å². The van der Waals surface area contributed by atoms with Crippen molar-refractivity contribution in [1.82, 2.24) is 4.90 Å². The maximum absolute atomic E-state index is 13.2. The van der Waals surface area contributed by atoms with Crippen molar-refractivity contribution in [2.45, 2.75) is 37.8 Å². The molecule has 0 aromatic heterocycles. The van der Waals surface area contributed by atoms with Crippen LogP contribution in [0.5, 0.6) is 0 Å². The number of hydrogen-bond donors (Lipinski definition) is 0. The Kier molecular flexibility index (Phi) is 5.37. The quantitative estimate of drug-likeness (QED) is 0.501. The molecule has 2 aliphatic rings. The Labute approximate surface area is 178 Å². The second kappa shape index (κ2) is 8.45. The molecule has 3 aromatic carbocycles. The molecule has 1 fully saturated rings. The fourth-order valence-electron chi connectivity index (χ4n) is 4.94. The molecule has 0 amide bonds. The average Bonchev–Trinajstić information content (AvgIpc) is 3.12. The molecule has 5 rings (SSSR count). The molecule has 0 N–H and O–H groups in total. The standard InChI is InChI=1S/C27H27NO2/c29-26(19-25(20-11-3-1-4-12-20)28-17-9-2-10-18-28)30-27-23-15-7-5-13-21(23)22-14-6-8-16-24(22)27/h1,3-8,11-16,25,27H,2,9-10,17-19H2/t25-/m1/s1. The first-order chi connectivity index (χ1) is 14.8. The molecule has 0 unspecified atom stereocenters. The first-order valence-corrected chi connectivity index (χ1v) is 11.0. The lowest BCUT2D eigenvalue weighted by Crippen LogP contribution is -2.35. The third-order valence-electron chi connectivity index (χ3n) is 6.40. The smallest absolute Gasteiger partial charge is 0.308 e. The van der Waals surface area contributed by atoms with Gasteiger partial charge >= 0.3 is 5.97 Å². The zero-order valence-corrected chi connectivity index (χ0v) is 17.2. The summed E-state index contributed by atoms with van der Waals surface area (Å²) in [6.07, 6.45) is 3.73. The Morgan fingerprint density at radius 1 is 0.800 bits per heavy atom. The number of nitrogens with zero attached hydrogens (tertiary/aromatic N) is 1. The highest BCUT2D eigenvalue weighted by Crippen LogP contribution is 2.45. The van der Waals surface area contributed by atoms with Gasteiger partial charge in [0.15, 0.2) is 6.10 Å². The van der Waals surface area contributed by atoms with Gasteiger partial charge in [0.2, 0.25) is 0 Å². The summed E-state index contributed by atoms with van der Waals surface area (Å²) in [6.45, 7) is 2.09. The number of hydrogen-bond acceptors (Lipinski definition) is 3. The van der Waals surface area contributed by atoms with Gasteiger partial charge in [0.05, 0.1) is 6.42 Å². The van der Waals surface area contributed by atoms with Crippen LogP contribution in [0.15, 0.2) is 78.9 Å². The van der Waals surface area contributed by atoms with Crippen LogP contribution in [0, 0.1) is 0 Å². The number of benzene rings is 3. The SMILES string of the molecule is O=C(C[C@H](c1ccccc1)N1CCCCC1)OC1c2ccccc2-c2ccccc21. The molecule has 3 nitrogen and oxygen atoms in total. The van der Waals surface area contributed by atoms with E-state index in [2.05, 4.69) is 53.4 Å². The highest BCUT2D eigenvalue weighted by Gasteiger charge is 2.32. The Balaban J connectivity index is 1.39. The second-order valence-electron chi connectivity index (χ2n) is 8.27. The summed E-state index contributed by atoms with van der Waals surface area (Å²) < 4.78 is 6.14. The van der Waals surface area contributed by atoms with Crippen LogP contribution in [-0.4, -0.2) is 24.0 Å². The van der Waals surface area contributed by atoms with Crippen molar-refractivity contribution in [2.24, 2.45) is 0 Å². The van der Waals surface area contributed by atoms with Crippen LogP contribution >= 0.6 is 0 Å². The number of fused-ring (bicyclic) bond motifs is 3. The van der Waals surface area contributed by atoms with E-state index in [4.69, 9.17) is 4.74 Å². The minimum absolute atomic E-state index is 0.0749. The Morgan fingerprint density at radius 2 is 1.37 bits per heavy atom. The van der Waals surface area contributed by atoms with Crippen molar-refractivity contribution in [3.05, 3.63) is 95.6 Å². The van der Waals surface area contributed by atoms with Crippen molar-refractivity contribution < 1.29 is 9.53 Å². The lowest BCUT2D eigenvalue weighted by atomic mass is 9.99. The van der Waals surface area contributed by atoms with E-state index in [1.54, 1.807) is 0 Å². The molecule has 1 atom stereocenters. The van der Waals surface area contributed by atoms with Crippen LogP contribution in [0.4, 0.5) is 0 Å². The summed E-state index contributed by atoms with van der Waals surface area (Å²) in [7, 11) is 0. The summed E-state index contributed by atoms with van der Waals surface area (Å²) in [5.41, 5.74) is 5.70. The summed E-state index contributed by atoms with van der Waals surface area (Å²) in [5.74, 6) is -0.133. The largest absolute Gasteiger partial charge is 0.452 e. The molecule has 0 bridgehead atoms. The molecule has 152 valence electrons. The van der Waals surface area contributed by atoms with E-state index in [0.29, 0.717) is 6.42 Å². The van der Waals surface area contributed by atoms with Crippen molar-refractivity contribution >= 4 is 5.97 Å². The third kappa shape index (κ3) is 3.66. The molecular formula is C27H27NO2. The van der Waals surface area contributed by atoms with E-state index in [9.17, 15) is 4.79 Å². The molecular weight excluding hydrogens is 370 g/mol. The van der Waals surface area contributed by atoms with Gasteiger partial charge in [0.25, 0.3) is 0 Å². The van der Waals surface area contributed by atoms with E-state index in [-0.39, 0.29) is 18.1 Å². The van der Waals surface area contributed by atoms with E-state index in [0.717, 1.165) is 24.2 Å². The van der Waals surface area contributed by atoms with Gasteiger partial charge in [0, 0.05) is 17.2 Å². The van der Waals surface area contributed by atoms with Gasteiger partial charge in [-0.3, -0.25) is 9.69 Å². The topological polar surface area (TPSA) is 29.5 Å². The molecule has 30 heavy (non-hydrogen) atoms. The molecule has 0 radical (unpaired) electrons. The molecule has 1 aliphatic heterocycles. The molecule has 0 saturated carbocycles. The summed E-state index contributed by atoms with van der Waals surface area (Å²) in [5, 5.41) is 0. The number of rotatable bonds is 5. The second-order valence-corrected chi connectivity index (χ2v) is 8.27. The maximum atomic E-state index is 13.2. The molecule has 1 heterocycles. The summed E-state index contributed by atoms with van der Waals surface area (Å²) in [6, 6.07) is 27.0. The lowest BCUT2D eigenvalue weighted by molar-refractivity contribution is -0.149. The predicted molar refractivity (Wildman–Crippen MR) is 119 cm³/mol. The molecule has 1 aliphatic carbocycles. The monoisotopic (exact) mass is 397 g/mol. The minimum atomic E-state index is -0.317. The maximum Gasteiger partial charge on any atom is 0.308 e. The van der Waals surface area contributed by atoms with Gasteiger partial charge in [0.1, 0.15) is 0 Å². The first-order valence-electron chi connectivity index (χ1n) is 11.0. The zero-order valence-electron chi connectivity index (χ0n) is 17.2. The van der Waals surface area contributed by atoms with E-state index in [1.165, 1.54) is 36.0 Å². The van der Waals surface area contributed by atoms with Crippen molar-refractivity contribution in [3.8, 4) is 11.1 Å². The highest BCUT2D eigenvalue weighted by molar-refractivity contribution is 5.80. The van der Waals surface area contributed by atoms with Gasteiger partial charge < -0.3 is 4.74 Å². The number of piperidine rings is 1. The fourth-order valence-corrected chi connectivity index (χ4v) is 4.94. The van der Waals surface area contributed by atoms with Crippen molar-refractivity contribution in [3.63, 3.8) is 0 Å². The van der Waals surface area contributed by atoms with Crippen LogP contribution < -0.4 is 0 Å². The number of ether oxygens (including phenoxy) is 1. The van der Waals surface area contributed by atoms with Gasteiger partial charge in [-0.2, -0.15) is 0 Å². The predicted octanol–water partition coefficient (Wildman–Crippen LogP) is 5.92. The van der Waals surface area contributed by atoms with Gasteiger partial charge in [-0.05, 0) is 42.6 Å². The Morgan fingerprint density at radius 3 is 2.00 bits per heavy atom. The highest BCUT2D eigenvalue weighted by atomic mass is 16.5. The summed E-state index contributed by atoms with van der Waals surface area (Å²) >= 11 is 0. The van der Waals surface area contributed by atoms with Gasteiger partial charge in [-0.25, -0.2) is 0 Å². The average molecular weight is 398 g/mol. The van der Waals surface area contributed by atoms with Crippen LogP contribution in [-0.2, 0) is 9.53 Å². The number of carbonyl (C=O) groups excluding carboxylic acids is 1. The Bertz CT molecular complexity index is 978. The molecule has 3 heteroatoms. The number of carbonyl (C=O) groups is 1. The zero-order chi connectivity index (χ0) is 20.3. The normalized spacial score (nSPS) is 17.2. The summed E-state index contributed by atoms with van der Waals surface area (Å²) in [4.78, 5) is 15.7. The van der Waals surface area contributed by atoms with Crippen molar-refractivity contribution in [1.29, 1.82) is 0 Å². The van der Waals surface area contributed by atoms with Gasteiger partial charge in [-0.15, -0.1) is 0 Å². The van der Waals surface area contributed by atoms with E-state index >= 15 is 0 Å². The number of esters is 1. The van der Waals surface area contributed by atoms with E-state index in [1.807, 2.05) is 30.3 Å². The minimum Gasteiger partial charge on any atom is -0.452 e. The lowest BCUT2D eigenvalue weighted by Gasteiger charge is -2.34. The van der Waals surface area contributed by atoms with Crippen LogP contribution in [0.25, 0.3) is 11.1 Å². The molecule has 1 saturated heterocycles. The molecule has 0 spiro atoms. The van der Waals surface area contributed by atoms with Crippen LogP contribution in [0.3, 0.4) is 0 Å². The number of likely N-dealkylation sites (tertiary alicyclic amines) is 1. The molecule has 3 aromatic rings. The third-order valence-corrected chi connectivity index (χ3v) is 6.40. The van der Waals surface area contributed by atoms with Crippen LogP contribution in [0.1, 0.15) is 54.5 Å². The first kappa shape index (κ1) is 19.1. The Hall–Kier alpha value is -2.91.